The summed E-state index contributed by atoms with van der Waals surface area (Å²) in [6.07, 6.45) is -0.487. The molecule has 2 heterocycles. The molecule has 1 aliphatic heterocycles. The highest BCUT2D eigenvalue weighted by Crippen LogP contribution is 2.41. The Morgan fingerprint density at radius 1 is 1.00 bits per heavy atom. The van der Waals surface area contributed by atoms with Crippen LogP contribution in [0.1, 0.15) is 34.6 Å². The average Bonchev–Trinajstić information content (AvgIpc) is 3.01. The lowest BCUT2D eigenvalue weighted by Crippen LogP contribution is -2.50. The molecule has 1 aromatic heterocycles. The lowest BCUT2D eigenvalue weighted by Gasteiger charge is -2.27. The van der Waals surface area contributed by atoms with Crippen molar-refractivity contribution >= 4 is 29.0 Å². The number of aliphatic hydroxyl groups is 1. The maximum absolute atomic E-state index is 9.60. The van der Waals surface area contributed by atoms with Crippen molar-refractivity contribution in [2.24, 2.45) is 0 Å². The van der Waals surface area contributed by atoms with Crippen LogP contribution in [0.5, 0.6) is 0 Å². The van der Waals surface area contributed by atoms with Gasteiger partial charge >= 0.3 is 0 Å². The first-order chi connectivity index (χ1) is 12.9. The Kier molecular flexibility index (Phi) is 5.67. The summed E-state index contributed by atoms with van der Waals surface area (Å²) in [5, 5.41) is 20.2. The zero-order valence-corrected chi connectivity index (χ0v) is 16.6. The molecular weight excluding hydrogens is 342 g/mol. The van der Waals surface area contributed by atoms with Crippen LogP contribution in [0, 0.1) is 0 Å². The second kappa shape index (κ2) is 7.98. The summed E-state index contributed by atoms with van der Waals surface area (Å²) >= 11 is 0. The monoisotopic (exact) mass is 371 g/mol. The van der Waals surface area contributed by atoms with Crippen molar-refractivity contribution in [1.82, 2.24) is 15.5 Å². The molecule has 0 aliphatic carbocycles. The fourth-order valence-corrected chi connectivity index (χ4v) is 2.84. The first-order valence-corrected chi connectivity index (χ1v) is 9.37. The van der Waals surface area contributed by atoms with Gasteiger partial charge in [-0.15, -0.1) is 5.53 Å². The average molecular weight is 371 g/mol. The maximum atomic E-state index is 9.60. The molecule has 0 saturated carbocycles. The molecule has 8 nitrogen and oxygen atoms in total. The number of aliphatic hydroxyl groups excluding tert-OH is 1. The van der Waals surface area contributed by atoms with E-state index in [9.17, 15) is 5.11 Å². The minimum absolute atomic E-state index is 0.205. The first kappa shape index (κ1) is 19.2. The molecule has 0 spiro atoms. The van der Waals surface area contributed by atoms with Crippen molar-refractivity contribution in [3.8, 4) is 0 Å². The molecule has 0 amide bonds. The quantitative estimate of drug-likeness (QED) is 0.591. The van der Waals surface area contributed by atoms with Gasteiger partial charge in [0.1, 0.15) is 5.69 Å². The predicted octanol–water partition coefficient (Wildman–Crippen LogP) is 2.88. The summed E-state index contributed by atoms with van der Waals surface area (Å²) in [5.74, 6) is 2.00. The van der Waals surface area contributed by atoms with Crippen LogP contribution in [0.2, 0.25) is 0 Å². The van der Waals surface area contributed by atoms with Gasteiger partial charge < -0.3 is 15.7 Å². The van der Waals surface area contributed by atoms with Gasteiger partial charge in [0.15, 0.2) is 11.6 Å². The number of nitrogens with one attached hydrogen (secondary N) is 3. The van der Waals surface area contributed by atoms with Gasteiger partial charge in [-0.25, -0.2) is 0 Å². The predicted molar refractivity (Wildman–Crippen MR) is 110 cm³/mol. The molecule has 0 radical (unpaired) electrons. The Bertz CT molecular complexity index is 764. The molecule has 0 saturated heterocycles. The topological polar surface area (TPSA) is 88.6 Å². The number of nitrogens with zero attached hydrogens (tertiary/aromatic N) is 4. The van der Waals surface area contributed by atoms with E-state index in [1.807, 2.05) is 35.3 Å². The van der Waals surface area contributed by atoms with Gasteiger partial charge in [-0.05, 0) is 46.8 Å². The molecule has 1 aromatic carbocycles. The van der Waals surface area contributed by atoms with Crippen LogP contribution in [0.4, 0.5) is 29.0 Å². The highest BCUT2D eigenvalue weighted by Gasteiger charge is 2.34. The second-order valence-corrected chi connectivity index (χ2v) is 7.32. The molecule has 2 aromatic rings. The van der Waals surface area contributed by atoms with E-state index in [0.29, 0.717) is 18.3 Å². The molecule has 1 atom stereocenters. The molecule has 3 rings (SSSR count). The van der Waals surface area contributed by atoms with Gasteiger partial charge in [-0.1, -0.05) is 18.2 Å². The van der Waals surface area contributed by atoms with Gasteiger partial charge in [0, 0.05) is 24.3 Å². The SMILES string of the molecule is CC(O)CNc1nc(Nc2ccccc2)c2c(n1)N(C(C)C)NN2C(C)C. The van der Waals surface area contributed by atoms with Crippen molar-refractivity contribution in [3.63, 3.8) is 0 Å². The van der Waals surface area contributed by atoms with Crippen LogP contribution in [0.15, 0.2) is 30.3 Å². The van der Waals surface area contributed by atoms with Crippen molar-refractivity contribution in [1.29, 1.82) is 0 Å². The summed E-state index contributed by atoms with van der Waals surface area (Å²) < 4.78 is 0. The van der Waals surface area contributed by atoms with Crippen LogP contribution < -0.4 is 26.2 Å². The van der Waals surface area contributed by atoms with E-state index in [0.717, 1.165) is 17.2 Å². The number of benzene rings is 1. The van der Waals surface area contributed by atoms with E-state index in [2.05, 4.69) is 53.9 Å². The molecule has 0 fully saturated rings. The lowest BCUT2D eigenvalue weighted by molar-refractivity contribution is 0.208. The molecule has 146 valence electrons. The molecule has 0 bridgehead atoms. The van der Waals surface area contributed by atoms with Crippen LogP contribution >= 0.6 is 0 Å². The highest BCUT2D eigenvalue weighted by atomic mass is 16.3. The zero-order valence-electron chi connectivity index (χ0n) is 16.6. The number of fused-ring (bicyclic) bond motifs is 1. The van der Waals surface area contributed by atoms with Gasteiger partial charge in [0.05, 0.1) is 6.10 Å². The molecular formula is C19H29N7O. The Morgan fingerprint density at radius 2 is 1.67 bits per heavy atom. The fourth-order valence-electron chi connectivity index (χ4n) is 2.84. The lowest BCUT2D eigenvalue weighted by atomic mass is 10.3. The third-order valence-corrected chi connectivity index (χ3v) is 4.18. The van der Waals surface area contributed by atoms with Crippen LogP contribution in [-0.2, 0) is 0 Å². The van der Waals surface area contributed by atoms with E-state index in [1.54, 1.807) is 6.92 Å². The number of rotatable bonds is 7. The minimum Gasteiger partial charge on any atom is -0.392 e. The Labute approximate surface area is 160 Å². The first-order valence-electron chi connectivity index (χ1n) is 9.37. The highest BCUT2D eigenvalue weighted by molar-refractivity contribution is 5.85. The van der Waals surface area contributed by atoms with Crippen LogP contribution in [-0.4, -0.2) is 39.8 Å². The summed E-state index contributed by atoms with van der Waals surface area (Å²) in [6, 6.07) is 10.4. The van der Waals surface area contributed by atoms with E-state index >= 15 is 0 Å². The van der Waals surface area contributed by atoms with E-state index in [4.69, 9.17) is 4.98 Å². The summed E-state index contributed by atoms with van der Waals surface area (Å²) in [7, 11) is 0. The number of para-hydroxylation sites is 1. The fraction of sp³-hybridized carbons (Fsp3) is 0.474. The standard InChI is InChI=1S/C19H29N7O/c1-12(2)25-16-17(21-15-9-7-6-8-10-15)22-19(20-11-14(5)27)23-18(16)26(24-25)13(3)4/h6-10,12-14,24,27H,11H2,1-5H3,(H2,20,21,22,23). The zero-order chi connectivity index (χ0) is 19.6. The smallest absolute Gasteiger partial charge is 0.226 e. The molecule has 8 heteroatoms. The number of hydrazine groups is 2. The normalized spacial score (nSPS) is 14.7. The molecule has 27 heavy (non-hydrogen) atoms. The third-order valence-electron chi connectivity index (χ3n) is 4.18. The number of hydrogen-bond donors (Lipinski definition) is 4. The van der Waals surface area contributed by atoms with Gasteiger partial charge in [0.25, 0.3) is 0 Å². The largest absolute Gasteiger partial charge is 0.392 e. The van der Waals surface area contributed by atoms with Gasteiger partial charge in [0.2, 0.25) is 5.95 Å². The number of anilines is 5. The van der Waals surface area contributed by atoms with E-state index in [1.165, 1.54) is 0 Å². The van der Waals surface area contributed by atoms with E-state index < -0.39 is 6.10 Å². The van der Waals surface area contributed by atoms with Crippen LogP contribution in [0.3, 0.4) is 0 Å². The minimum atomic E-state index is -0.487. The Balaban J connectivity index is 2.07. The maximum Gasteiger partial charge on any atom is 0.226 e. The van der Waals surface area contributed by atoms with Gasteiger partial charge in [-0.3, -0.25) is 10.0 Å². The van der Waals surface area contributed by atoms with Crippen LogP contribution in [0.25, 0.3) is 0 Å². The van der Waals surface area contributed by atoms with Crippen molar-refractivity contribution in [3.05, 3.63) is 30.3 Å². The van der Waals surface area contributed by atoms with E-state index in [-0.39, 0.29) is 12.1 Å². The summed E-state index contributed by atoms with van der Waals surface area (Å²) in [4.78, 5) is 9.40. The molecule has 4 N–H and O–H groups in total. The summed E-state index contributed by atoms with van der Waals surface area (Å²) in [6.45, 7) is 10.6. The van der Waals surface area contributed by atoms with Crippen molar-refractivity contribution in [2.45, 2.75) is 52.8 Å². The van der Waals surface area contributed by atoms with Crippen molar-refractivity contribution in [2.75, 3.05) is 27.2 Å². The molecule has 1 aliphatic rings. The summed E-state index contributed by atoms with van der Waals surface area (Å²) in [5.41, 5.74) is 5.28. The Morgan fingerprint density at radius 3 is 2.26 bits per heavy atom. The number of aromatic nitrogens is 2. The van der Waals surface area contributed by atoms with Crippen molar-refractivity contribution < 1.29 is 5.11 Å². The molecule has 1 unspecified atom stereocenters. The Hall–Kier alpha value is -2.58. The second-order valence-electron chi connectivity index (χ2n) is 7.32. The van der Waals surface area contributed by atoms with Gasteiger partial charge in [-0.2, -0.15) is 9.97 Å². The number of hydrogen-bond acceptors (Lipinski definition) is 8. The third kappa shape index (κ3) is 4.23.